The minimum atomic E-state index is -0.0142. The predicted molar refractivity (Wildman–Crippen MR) is 111 cm³/mol. The highest BCUT2D eigenvalue weighted by molar-refractivity contribution is 6.30. The number of nitrogens with zero attached hydrogens (tertiary/aromatic N) is 3. The Kier molecular flexibility index (Phi) is 4.56. The van der Waals surface area contributed by atoms with Gasteiger partial charge in [-0.1, -0.05) is 35.9 Å². The number of benzene rings is 2. The van der Waals surface area contributed by atoms with Crippen molar-refractivity contribution in [2.24, 2.45) is 0 Å². The topological polar surface area (TPSA) is 75.0 Å². The number of piperidine rings is 1. The molecule has 146 valence electrons. The summed E-state index contributed by atoms with van der Waals surface area (Å²) in [5, 5.41) is 7.69. The fourth-order valence-corrected chi connectivity index (χ4v) is 3.98. The van der Waals surface area contributed by atoms with E-state index in [4.69, 9.17) is 16.0 Å². The van der Waals surface area contributed by atoms with Crippen molar-refractivity contribution in [2.75, 3.05) is 13.1 Å². The molecule has 6 nitrogen and oxygen atoms in total. The van der Waals surface area contributed by atoms with Gasteiger partial charge < -0.3 is 9.32 Å². The molecule has 1 N–H and O–H groups in total. The number of oxazole rings is 1. The lowest BCUT2D eigenvalue weighted by Crippen LogP contribution is -2.38. The van der Waals surface area contributed by atoms with Gasteiger partial charge in [-0.3, -0.25) is 9.89 Å². The molecular weight excluding hydrogens is 388 g/mol. The Morgan fingerprint density at radius 2 is 1.86 bits per heavy atom. The summed E-state index contributed by atoms with van der Waals surface area (Å²) in [7, 11) is 0. The monoisotopic (exact) mass is 406 g/mol. The molecule has 1 amide bonds. The number of para-hydroxylation sites is 2. The van der Waals surface area contributed by atoms with Crippen LogP contribution in [-0.4, -0.2) is 39.1 Å². The maximum atomic E-state index is 13.1. The van der Waals surface area contributed by atoms with E-state index in [-0.39, 0.29) is 11.8 Å². The van der Waals surface area contributed by atoms with Crippen molar-refractivity contribution < 1.29 is 9.21 Å². The van der Waals surface area contributed by atoms with Crippen LogP contribution in [0.2, 0.25) is 5.02 Å². The number of hydrogen-bond donors (Lipinski definition) is 1. The van der Waals surface area contributed by atoms with Gasteiger partial charge in [-0.2, -0.15) is 5.10 Å². The van der Waals surface area contributed by atoms with Crippen molar-refractivity contribution in [3.8, 4) is 11.3 Å². The summed E-state index contributed by atoms with van der Waals surface area (Å²) in [5.41, 5.74) is 3.87. The number of carbonyl (C=O) groups is 1. The molecule has 1 fully saturated rings. The Morgan fingerprint density at radius 3 is 2.62 bits per heavy atom. The first-order valence-electron chi connectivity index (χ1n) is 9.63. The molecule has 1 aliphatic heterocycles. The molecule has 0 bridgehead atoms. The molecule has 2 aromatic heterocycles. The molecule has 0 spiro atoms. The van der Waals surface area contributed by atoms with E-state index < -0.39 is 0 Å². The number of aromatic nitrogens is 3. The van der Waals surface area contributed by atoms with E-state index in [1.54, 1.807) is 18.3 Å². The van der Waals surface area contributed by atoms with Crippen LogP contribution in [0.25, 0.3) is 22.4 Å². The van der Waals surface area contributed by atoms with Gasteiger partial charge in [0.15, 0.2) is 11.5 Å². The Bertz CT molecular complexity index is 1120. The molecule has 1 saturated heterocycles. The van der Waals surface area contributed by atoms with Crippen LogP contribution in [-0.2, 0) is 0 Å². The first-order valence-corrected chi connectivity index (χ1v) is 10.0. The lowest BCUT2D eigenvalue weighted by Gasteiger charge is -2.30. The molecule has 0 radical (unpaired) electrons. The molecule has 3 heterocycles. The summed E-state index contributed by atoms with van der Waals surface area (Å²) in [5.74, 6) is 0.981. The summed E-state index contributed by atoms with van der Waals surface area (Å²) in [6.07, 6.45) is 3.25. The second kappa shape index (κ2) is 7.37. The van der Waals surface area contributed by atoms with Crippen molar-refractivity contribution in [2.45, 2.75) is 18.8 Å². The van der Waals surface area contributed by atoms with Crippen molar-refractivity contribution in [3.63, 3.8) is 0 Å². The van der Waals surface area contributed by atoms with E-state index >= 15 is 0 Å². The third-order valence-corrected chi connectivity index (χ3v) is 5.70. The highest BCUT2D eigenvalue weighted by Crippen LogP contribution is 2.31. The van der Waals surface area contributed by atoms with E-state index in [9.17, 15) is 4.79 Å². The van der Waals surface area contributed by atoms with E-state index in [1.165, 1.54) is 0 Å². The molecule has 0 saturated carbocycles. The summed E-state index contributed by atoms with van der Waals surface area (Å²) in [4.78, 5) is 19.6. The molecule has 4 aromatic rings. The lowest BCUT2D eigenvalue weighted by atomic mass is 9.96. The first kappa shape index (κ1) is 17.9. The summed E-state index contributed by atoms with van der Waals surface area (Å²) in [6.45, 7) is 1.32. The molecule has 2 aromatic carbocycles. The highest BCUT2D eigenvalue weighted by Gasteiger charge is 2.29. The number of amides is 1. The maximum absolute atomic E-state index is 13.1. The van der Waals surface area contributed by atoms with Gasteiger partial charge in [0.1, 0.15) is 5.52 Å². The Balaban J connectivity index is 1.30. The number of hydrogen-bond acceptors (Lipinski definition) is 4. The zero-order chi connectivity index (χ0) is 19.8. The molecule has 0 unspecified atom stereocenters. The predicted octanol–water partition coefficient (Wildman–Crippen LogP) is 4.89. The number of fused-ring (bicyclic) bond motifs is 1. The van der Waals surface area contributed by atoms with Crippen LogP contribution in [0.1, 0.15) is 35.0 Å². The second-order valence-corrected chi connectivity index (χ2v) is 7.69. The SMILES string of the molecule is O=C(c1cn[nH]c1-c1ccc(Cl)cc1)N1CCC(c2nc3ccccc3o2)CC1. The van der Waals surface area contributed by atoms with E-state index in [0.29, 0.717) is 29.4 Å². The second-order valence-electron chi connectivity index (χ2n) is 7.25. The van der Waals surface area contributed by atoms with Crippen LogP contribution < -0.4 is 0 Å². The quantitative estimate of drug-likeness (QED) is 0.525. The van der Waals surface area contributed by atoms with Gasteiger partial charge in [0.2, 0.25) is 0 Å². The number of rotatable bonds is 3. The highest BCUT2D eigenvalue weighted by atomic mass is 35.5. The van der Waals surface area contributed by atoms with Gasteiger partial charge in [0, 0.05) is 29.6 Å². The summed E-state index contributed by atoms with van der Waals surface area (Å²) < 4.78 is 5.92. The zero-order valence-corrected chi connectivity index (χ0v) is 16.4. The van der Waals surface area contributed by atoms with Crippen LogP contribution in [0.4, 0.5) is 0 Å². The van der Waals surface area contributed by atoms with Crippen LogP contribution in [0.5, 0.6) is 0 Å². The van der Waals surface area contributed by atoms with Crippen LogP contribution in [0, 0.1) is 0 Å². The number of nitrogens with one attached hydrogen (secondary N) is 1. The minimum absolute atomic E-state index is 0.0142. The van der Waals surface area contributed by atoms with Gasteiger partial charge >= 0.3 is 0 Å². The summed E-state index contributed by atoms with van der Waals surface area (Å²) >= 11 is 5.97. The van der Waals surface area contributed by atoms with Gasteiger partial charge in [0.05, 0.1) is 17.5 Å². The van der Waals surface area contributed by atoms with Gasteiger partial charge in [0.25, 0.3) is 5.91 Å². The summed E-state index contributed by atoms with van der Waals surface area (Å²) in [6, 6.07) is 15.2. The van der Waals surface area contributed by atoms with E-state index in [1.807, 2.05) is 41.3 Å². The van der Waals surface area contributed by atoms with Crippen LogP contribution >= 0.6 is 11.6 Å². The third-order valence-electron chi connectivity index (χ3n) is 5.44. The molecule has 1 aliphatic rings. The molecule has 5 rings (SSSR count). The molecule has 0 atom stereocenters. The Labute approximate surface area is 172 Å². The van der Waals surface area contributed by atoms with Crippen LogP contribution in [0.3, 0.4) is 0 Å². The number of likely N-dealkylation sites (tertiary alicyclic amines) is 1. The van der Waals surface area contributed by atoms with Gasteiger partial charge in [-0.05, 0) is 37.1 Å². The Hall–Kier alpha value is -3.12. The average Bonchev–Trinajstić information content (AvgIpc) is 3.41. The van der Waals surface area contributed by atoms with Crippen molar-refractivity contribution in [1.82, 2.24) is 20.1 Å². The van der Waals surface area contributed by atoms with Crippen molar-refractivity contribution in [1.29, 1.82) is 0 Å². The largest absolute Gasteiger partial charge is 0.440 e. The molecule has 29 heavy (non-hydrogen) atoms. The fourth-order valence-electron chi connectivity index (χ4n) is 3.85. The lowest BCUT2D eigenvalue weighted by molar-refractivity contribution is 0.0707. The third kappa shape index (κ3) is 3.40. The number of carbonyl (C=O) groups excluding carboxylic acids is 1. The average molecular weight is 407 g/mol. The fraction of sp³-hybridized carbons (Fsp3) is 0.227. The minimum Gasteiger partial charge on any atom is -0.440 e. The molecular formula is C22H19ClN4O2. The smallest absolute Gasteiger partial charge is 0.257 e. The number of aromatic amines is 1. The van der Waals surface area contributed by atoms with E-state index in [0.717, 1.165) is 35.4 Å². The maximum Gasteiger partial charge on any atom is 0.257 e. The Morgan fingerprint density at radius 1 is 1.10 bits per heavy atom. The van der Waals surface area contributed by atoms with E-state index in [2.05, 4.69) is 15.2 Å². The normalized spacial score (nSPS) is 15.1. The van der Waals surface area contributed by atoms with Crippen molar-refractivity contribution >= 4 is 28.6 Å². The van der Waals surface area contributed by atoms with Crippen molar-refractivity contribution in [3.05, 3.63) is 71.2 Å². The first-order chi connectivity index (χ1) is 14.2. The number of H-pyrrole nitrogens is 1. The molecule has 0 aliphatic carbocycles. The van der Waals surface area contributed by atoms with Gasteiger partial charge in [-0.25, -0.2) is 4.98 Å². The van der Waals surface area contributed by atoms with Gasteiger partial charge in [-0.15, -0.1) is 0 Å². The number of halogens is 1. The van der Waals surface area contributed by atoms with Crippen LogP contribution in [0.15, 0.2) is 59.1 Å². The molecule has 7 heteroatoms. The zero-order valence-electron chi connectivity index (χ0n) is 15.6. The standard InChI is InChI=1S/C22H19ClN4O2/c23-16-7-5-14(6-8-16)20-17(13-24-26-20)22(28)27-11-9-15(10-12-27)21-25-18-3-1-2-4-19(18)29-21/h1-8,13,15H,9-12H2,(H,24,26).